The molecule has 1 unspecified atom stereocenters. The number of carbonyl (C=O) groups excluding carboxylic acids is 1. The van der Waals surface area contributed by atoms with E-state index in [0.29, 0.717) is 19.5 Å². The van der Waals surface area contributed by atoms with Crippen LogP contribution in [0.2, 0.25) is 0 Å². The van der Waals surface area contributed by atoms with Crippen molar-refractivity contribution in [1.29, 1.82) is 0 Å². The molecule has 0 saturated carbocycles. The van der Waals surface area contributed by atoms with Gasteiger partial charge in [-0.25, -0.2) is 0 Å². The molecule has 1 atom stereocenters. The van der Waals surface area contributed by atoms with E-state index in [1.54, 1.807) is 12.1 Å². The SMILES string of the molecule is CC1CN(c2ccc(OC(F)F)cc2)CCC1=O. The number of anilines is 1. The Kier molecular flexibility index (Phi) is 3.79. The van der Waals surface area contributed by atoms with Crippen molar-refractivity contribution < 1.29 is 18.3 Å². The third-order valence-electron chi connectivity index (χ3n) is 3.10. The van der Waals surface area contributed by atoms with E-state index < -0.39 is 6.61 Å². The summed E-state index contributed by atoms with van der Waals surface area (Å²) >= 11 is 0. The molecule has 0 amide bonds. The van der Waals surface area contributed by atoms with Crippen LogP contribution in [-0.4, -0.2) is 25.5 Å². The monoisotopic (exact) mass is 255 g/mol. The van der Waals surface area contributed by atoms with Crippen LogP contribution in [0.3, 0.4) is 0 Å². The van der Waals surface area contributed by atoms with Crippen LogP contribution in [0, 0.1) is 5.92 Å². The highest BCUT2D eigenvalue weighted by Crippen LogP contribution is 2.24. The second-order valence-electron chi connectivity index (χ2n) is 4.44. The molecule has 1 aliphatic heterocycles. The highest BCUT2D eigenvalue weighted by molar-refractivity contribution is 5.83. The lowest BCUT2D eigenvalue weighted by Gasteiger charge is -2.32. The van der Waals surface area contributed by atoms with Gasteiger partial charge in [0.05, 0.1) is 0 Å². The van der Waals surface area contributed by atoms with Crippen molar-refractivity contribution in [3.8, 4) is 5.75 Å². The van der Waals surface area contributed by atoms with Gasteiger partial charge in [-0.3, -0.25) is 4.79 Å². The Balaban J connectivity index is 2.03. The molecule has 0 radical (unpaired) electrons. The van der Waals surface area contributed by atoms with E-state index in [0.717, 1.165) is 5.69 Å². The Labute approximate surface area is 104 Å². The fourth-order valence-corrected chi connectivity index (χ4v) is 2.09. The summed E-state index contributed by atoms with van der Waals surface area (Å²) in [5.41, 5.74) is 0.927. The molecule has 1 aromatic carbocycles. The lowest BCUT2D eigenvalue weighted by Crippen LogP contribution is -2.39. The van der Waals surface area contributed by atoms with E-state index in [9.17, 15) is 13.6 Å². The zero-order valence-electron chi connectivity index (χ0n) is 10.1. The first-order chi connectivity index (χ1) is 8.56. The molecule has 1 heterocycles. The number of hydrogen-bond donors (Lipinski definition) is 0. The van der Waals surface area contributed by atoms with Gasteiger partial charge in [0.1, 0.15) is 11.5 Å². The summed E-state index contributed by atoms with van der Waals surface area (Å²) in [5.74, 6) is 0.453. The molecule has 0 N–H and O–H groups in total. The maximum Gasteiger partial charge on any atom is 0.387 e. The number of piperidine rings is 1. The molecule has 98 valence electrons. The molecule has 3 nitrogen and oxygen atoms in total. The number of benzene rings is 1. The average molecular weight is 255 g/mol. The summed E-state index contributed by atoms with van der Waals surface area (Å²) in [7, 11) is 0. The first kappa shape index (κ1) is 12.8. The Hall–Kier alpha value is -1.65. The molecular formula is C13H15F2NO2. The average Bonchev–Trinajstić information content (AvgIpc) is 2.33. The molecule has 1 saturated heterocycles. The number of nitrogens with zero attached hydrogens (tertiary/aromatic N) is 1. The predicted octanol–water partition coefficient (Wildman–Crippen LogP) is 2.70. The van der Waals surface area contributed by atoms with Crippen molar-refractivity contribution in [2.75, 3.05) is 18.0 Å². The lowest BCUT2D eigenvalue weighted by atomic mass is 9.98. The zero-order valence-corrected chi connectivity index (χ0v) is 10.1. The number of rotatable bonds is 3. The van der Waals surface area contributed by atoms with Crippen molar-refractivity contribution in [3.63, 3.8) is 0 Å². The Morgan fingerprint density at radius 2 is 2.00 bits per heavy atom. The van der Waals surface area contributed by atoms with Crippen LogP contribution in [0.5, 0.6) is 5.75 Å². The molecule has 1 aromatic rings. The van der Waals surface area contributed by atoms with Gasteiger partial charge in [0.15, 0.2) is 0 Å². The summed E-state index contributed by atoms with van der Waals surface area (Å²) < 4.78 is 28.3. The van der Waals surface area contributed by atoms with Crippen molar-refractivity contribution >= 4 is 11.5 Å². The van der Waals surface area contributed by atoms with E-state index >= 15 is 0 Å². The molecule has 0 aromatic heterocycles. The molecule has 1 fully saturated rings. The highest BCUT2D eigenvalue weighted by Gasteiger charge is 2.23. The van der Waals surface area contributed by atoms with Crippen molar-refractivity contribution in [1.82, 2.24) is 0 Å². The van der Waals surface area contributed by atoms with Gasteiger partial charge < -0.3 is 9.64 Å². The van der Waals surface area contributed by atoms with Crippen LogP contribution < -0.4 is 9.64 Å². The smallest absolute Gasteiger partial charge is 0.387 e. The molecule has 18 heavy (non-hydrogen) atoms. The lowest BCUT2D eigenvalue weighted by molar-refractivity contribution is -0.122. The number of carbonyl (C=O) groups is 1. The topological polar surface area (TPSA) is 29.5 Å². The third-order valence-corrected chi connectivity index (χ3v) is 3.10. The van der Waals surface area contributed by atoms with E-state index in [1.165, 1.54) is 12.1 Å². The Morgan fingerprint density at radius 1 is 1.33 bits per heavy atom. The summed E-state index contributed by atoms with van der Waals surface area (Å²) in [6.07, 6.45) is 0.538. The van der Waals surface area contributed by atoms with Crippen LogP contribution in [0.4, 0.5) is 14.5 Å². The molecule has 5 heteroatoms. The van der Waals surface area contributed by atoms with E-state index in [2.05, 4.69) is 9.64 Å². The summed E-state index contributed by atoms with van der Waals surface area (Å²) in [4.78, 5) is 13.5. The third kappa shape index (κ3) is 2.97. The highest BCUT2D eigenvalue weighted by atomic mass is 19.3. The molecule has 2 rings (SSSR count). The van der Waals surface area contributed by atoms with Crippen LogP contribution in [-0.2, 0) is 4.79 Å². The minimum atomic E-state index is -2.80. The number of alkyl halides is 2. The van der Waals surface area contributed by atoms with E-state index in [1.807, 2.05) is 6.92 Å². The Morgan fingerprint density at radius 3 is 2.56 bits per heavy atom. The van der Waals surface area contributed by atoms with Gasteiger partial charge in [0.2, 0.25) is 0 Å². The van der Waals surface area contributed by atoms with Crippen LogP contribution in [0.15, 0.2) is 24.3 Å². The first-order valence-electron chi connectivity index (χ1n) is 5.89. The van der Waals surface area contributed by atoms with Gasteiger partial charge in [-0.15, -0.1) is 0 Å². The van der Waals surface area contributed by atoms with Crippen LogP contribution in [0.1, 0.15) is 13.3 Å². The van der Waals surface area contributed by atoms with Crippen molar-refractivity contribution in [2.45, 2.75) is 20.0 Å². The van der Waals surface area contributed by atoms with Crippen LogP contribution in [0.25, 0.3) is 0 Å². The van der Waals surface area contributed by atoms with E-state index in [-0.39, 0.29) is 17.5 Å². The minimum absolute atomic E-state index is 0.0238. The zero-order chi connectivity index (χ0) is 13.1. The fraction of sp³-hybridized carbons (Fsp3) is 0.462. The second-order valence-corrected chi connectivity index (χ2v) is 4.44. The van der Waals surface area contributed by atoms with E-state index in [4.69, 9.17) is 0 Å². The standard InChI is InChI=1S/C13H15F2NO2/c1-9-8-16(7-6-12(9)17)10-2-4-11(5-3-10)18-13(14)15/h2-5,9,13H,6-8H2,1H3. The fourth-order valence-electron chi connectivity index (χ4n) is 2.09. The number of Topliss-reactive ketones (excluding diaryl/α,β-unsaturated/α-hetero) is 1. The second kappa shape index (κ2) is 5.33. The van der Waals surface area contributed by atoms with Crippen molar-refractivity contribution in [3.05, 3.63) is 24.3 Å². The molecule has 1 aliphatic rings. The number of ketones is 1. The van der Waals surface area contributed by atoms with Crippen molar-refractivity contribution in [2.24, 2.45) is 5.92 Å². The predicted molar refractivity (Wildman–Crippen MR) is 64.1 cm³/mol. The molecule has 0 spiro atoms. The summed E-state index contributed by atoms with van der Waals surface area (Å²) in [5, 5.41) is 0. The van der Waals surface area contributed by atoms with Gasteiger partial charge >= 0.3 is 6.61 Å². The van der Waals surface area contributed by atoms with Gasteiger partial charge in [0.25, 0.3) is 0 Å². The van der Waals surface area contributed by atoms with Gasteiger partial charge in [0, 0.05) is 31.1 Å². The maximum atomic E-state index is 12.0. The Bertz CT molecular complexity index is 420. The molecular weight excluding hydrogens is 240 g/mol. The largest absolute Gasteiger partial charge is 0.435 e. The van der Waals surface area contributed by atoms with Gasteiger partial charge in [-0.2, -0.15) is 8.78 Å². The van der Waals surface area contributed by atoms with Gasteiger partial charge in [-0.1, -0.05) is 6.92 Å². The number of hydrogen-bond acceptors (Lipinski definition) is 3. The van der Waals surface area contributed by atoms with Gasteiger partial charge in [-0.05, 0) is 24.3 Å². The first-order valence-corrected chi connectivity index (χ1v) is 5.89. The van der Waals surface area contributed by atoms with Crippen LogP contribution >= 0.6 is 0 Å². The summed E-state index contributed by atoms with van der Waals surface area (Å²) in [6, 6.07) is 6.51. The minimum Gasteiger partial charge on any atom is -0.435 e. The maximum absolute atomic E-state index is 12.0. The quantitative estimate of drug-likeness (QED) is 0.831. The number of halogens is 2. The molecule has 0 bridgehead atoms. The normalized spacial score (nSPS) is 20.3. The molecule has 0 aliphatic carbocycles. The number of ether oxygens (including phenoxy) is 1. The summed E-state index contributed by atoms with van der Waals surface area (Å²) in [6.45, 7) is 0.456.